The minimum atomic E-state index is -0.826. The van der Waals surface area contributed by atoms with Crippen LogP contribution in [0.25, 0.3) is 10.8 Å². The summed E-state index contributed by atoms with van der Waals surface area (Å²) in [6, 6.07) is 11.1. The van der Waals surface area contributed by atoms with Crippen molar-refractivity contribution < 1.29 is 9.50 Å². The smallest absolute Gasteiger partial charge is 0.141 e. The number of likely N-dealkylation sites (tertiary alicyclic amines) is 1. The molecule has 1 N–H and O–H groups in total. The van der Waals surface area contributed by atoms with Gasteiger partial charge in [-0.3, -0.25) is 14.9 Å². The molecule has 1 aromatic carbocycles. The van der Waals surface area contributed by atoms with Gasteiger partial charge >= 0.3 is 0 Å². The van der Waals surface area contributed by atoms with Crippen molar-refractivity contribution in [3.8, 4) is 0 Å². The van der Waals surface area contributed by atoms with E-state index < -0.39 is 5.60 Å². The lowest BCUT2D eigenvalue weighted by atomic mass is 9.82. The highest BCUT2D eigenvalue weighted by molar-refractivity contribution is 5.85. The monoisotopic (exact) mass is 337 g/mol. The van der Waals surface area contributed by atoms with Gasteiger partial charge in [-0.05, 0) is 42.0 Å². The van der Waals surface area contributed by atoms with Gasteiger partial charge in [-0.15, -0.1) is 0 Å². The minimum Gasteiger partial charge on any atom is -0.385 e. The summed E-state index contributed by atoms with van der Waals surface area (Å²) in [7, 11) is 0. The molecule has 4 nitrogen and oxygen atoms in total. The summed E-state index contributed by atoms with van der Waals surface area (Å²) in [6.07, 6.45) is 6.17. The first-order valence-corrected chi connectivity index (χ1v) is 8.52. The van der Waals surface area contributed by atoms with E-state index in [1.165, 1.54) is 12.3 Å². The van der Waals surface area contributed by atoms with Crippen molar-refractivity contribution in [1.29, 1.82) is 0 Å². The number of benzene rings is 1. The highest BCUT2D eigenvalue weighted by Gasteiger charge is 2.35. The van der Waals surface area contributed by atoms with Crippen LogP contribution < -0.4 is 0 Å². The van der Waals surface area contributed by atoms with E-state index in [9.17, 15) is 9.50 Å². The number of fused-ring (bicyclic) bond motifs is 1. The molecule has 4 rings (SSSR count). The van der Waals surface area contributed by atoms with E-state index in [2.05, 4.69) is 14.9 Å². The molecule has 1 aliphatic heterocycles. The van der Waals surface area contributed by atoms with Gasteiger partial charge in [-0.2, -0.15) is 0 Å². The van der Waals surface area contributed by atoms with Crippen LogP contribution >= 0.6 is 0 Å². The fourth-order valence-electron chi connectivity index (χ4n) is 3.61. The second-order valence-electron chi connectivity index (χ2n) is 6.68. The quantitative estimate of drug-likeness (QED) is 0.797. The van der Waals surface area contributed by atoms with Gasteiger partial charge in [0.2, 0.25) is 0 Å². The van der Waals surface area contributed by atoms with Gasteiger partial charge in [0, 0.05) is 37.4 Å². The third-order valence-electron chi connectivity index (χ3n) is 5.04. The zero-order valence-electron chi connectivity index (χ0n) is 13.9. The molecule has 0 spiro atoms. The van der Waals surface area contributed by atoms with Gasteiger partial charge in [0.05, 0.1) is 17.5 Å². The summed E-state index contributed by atoms with van der Waals surface area (Å²) >= 11 is 0. The molecule has 0 bridgehead atoms. The Balaban J connectivity index is 1.51. The van der Waals surface area contributed by atoms with Crippen molar-refractivity contribution in [2.24, 2.45) is 0 Å². The lowest BCUT2D eigenvalue weighted by Crippen LogP contribution is -2.42. The van der Waals surface area contributed by atoms with Crippen LogP contribution in [0.1, 0.15) is 24.1 Å². The van der Waals surface area contributed by atoms with Crippen molar-refractivity contribution in [1.82, 2.24) is 14.9 Å². The van der Waals surface area contributed by atoms with Crippen LogP contribution in [0.2, 0.25) is 0 Å². The Morgan fingerprint density at radius 2 is 1.92 bits per heavy atom. The van der Waals surface area contributed by atoms with Crippen LogP contribution in [0, 0.1) is 5.82 Å². The molecule has 0 unspecified atom stereocenters. The molecule has 2 aromatic heterocycles. The average Bonchev–Trinajstić information content (AvgIpc) is 2.65. The van der Waals surface area contributed by atoms with Crippen molar-refractivity contribution in [2.75, 3.05) is 13.1 Å². The normalized spacial score (nSPS) is 17.7. The minimum absolute atomic E-state index is 0.317. The Bertz CT molecular complexity index is 868. The predicted molar refractivity (Wildman–Crippen MR) is 94.3 cm³/mol. The van der Waals surface area contributed by atoms with Crippen LogP contribution in [0.3, 0.4) is 0 Å². The first-order chi connectivity index (χ1) is 12.1. The molecule has 3 heterocycles. The molecule has 0 atom stereocenters. The van der Waals surface area contributed by atoms with Gasteiger partial charge < -0.3 is 5.11 Å². The summed E-state index contributed by atoms with van der Waals surface area (Å²) in [5.74, 6) is -0.317. The third kappa shape index (κ3) is 3.25. The lowest BCUT2D eigenvalue weighted by molar-refractivity contribution is -0.0268. The van der Waals surface area contributed by atoms with E-state index in [1.807, 2.05) is 30.5 Å². The van der Waals surface area contributed by atoms with Crippen LogP contribution in [0.5, 0.6) is 0 Å². The molecule has 5 heteroatoms. The maximum atomic E-state index is 13.0. The van der Waals surface area contributed by atoms with Crippen LogP contribution in [-0.4, -0.2) is 33.1 Å². The van der Waals surface area contributed by atoms with Gasteiger partial charge in [-0.1, -0.05) is 18.2 Å². The first kappa shape index (κ1) is 16.1. The van der Waals surface area contributed by atoms with Crippen molar-refractivity contribution >= 4 is 10.8 Å². The van der Waals surface area contributed by atoms with Gasteiger partial charge in [-0.25, -0.2) is 4.39 Å². The van der Waals surface area contributed by atoms with Gasteiger partial charge in [0.1, 0.15) is 5.82 Å². The molecule has 1 saturated heterocycles. The van der Waals surface area contributed by atoms with E-state index in [1.54, 1.807) is 12.3 Å². The number of piperidine rings is 1. The largest absolute Gasteiger partial charge is 0.385 e. The highest BCUT2D eigenvalue weighted by atomic mass is 19.1. The maximum Gasteiger partial charge on any atom is 0.141 e. The molecule has 0 aliphatic carbocycles. The standard InChI is InChI=1S/C20H20FN3O/c21-16-4-5-17(23-13-16)14-24-10-7-20(25,8-11-24)19-3-1-2-15-12-22-9-6-18(15)19/h1-6,9,12-13,25H,7-8,10-11,14H2. The topological polar surface area (TPSA) is 49.3 Å². The number of aliphatic hydroxyl groups is 1. The maximum absolute atomic E-state index is 13.0. The molecular formula is C20H20FN3O. The Kier molecular flexibility index (Phi) is 4.19. The number of pyridine rings is 2. The van der Waals surface area contributed by atoms with E-state index in [0.29, 0.717) is 19.4 Å². The second kappa shape index (κ2) is 6.50. The summed E-state index contributed by atoms with van der Waals surface area (Å²) in [5, 5.41) is 13.4. The predicted octanol–water partition coefficient (Wildman–Crippen LogP) is 3.25. The first-order valence-electron chi connectivity index (χ1n) is 8.52. The number of aromatic nitrogens is 2. The molecule has 128 valence electrons. The number of rotatable bonds is 3. The fourth-order valence-corrected chi connectivity index (χ4v) is 3.61. The van der Waals surface area contributed by atoms with Crippen LogP contribution in [-0.2, 0) is 12.1 Å². The average molecular weight is 337 g/mol. The van der Waals surface area contributed by atoms with Crippen LogP contribution in [0.15, 0.2) is 55.0 Å². The van der Waals surface area contributed by atoms with Gasteiger partial charge in [0.25, 0.3) is 0 Å². The molecule has 0 amide bonds. The summed E-state index contributed by atoms with van der Waals surface area (Å²) < 4.78 is 13.0. The molecule has 3 aromatic rings. The molecule has 1 fully saturated rings. The van der Waals surface area contributed by atoms with Gasteiger partial charge in [0.15, 0.2) is 0 Å². The Morgan fingerprint density at radius 3 is 2.68 bits per heavy atom. The molecule has 0 radical (unpaired) electrons. The van der Waals surface area contributed by atoms with E-state index in [4.69, 9.17) is 0 Å². The number of nitrogens with zero attached hydrogens (tertiary/aromatic N) is 3. The molecule has 25 heavy (non-hydrogen) atoms. The summed E-state index contributed by atoms with van der Waals surface area (Å²) in [4.78, 5) is 10.5. The summed E-state index contributed by atoms with van der Waals surface area (Å²) in [5.41, 5.74) is 1.00. The van der Waals surface area contributed by atoms with E-state index in [-0.39, 0.29) is 5.82 Å². The Hall–Kier alpha value is -2.37. The zero-order valence-corrected chi connectivity index (χ0v) is 13.9. The molecule has 0 saturated carbocycles. The zero-order chi connectivity index (χ0) is 17.3. The summed E-state index contributed by atoms with van der Waals surface area (Å²) in [6.45, 7) is 2.23. The van der Waals surface area contributed by atoms with Crippen LogP contribution in [0.4, 0.5) is 4.39 Å². The number of halogens is 1. The number of hydrogen-bond donors (Lipinski definition) is 1. The number of hydrogen-bond acceptors (Lipinski definition) is 4. The lowest BCUT2D eigenvalue weighted by Gasteiger charge is -2.39. The second-order valence-corrected chi connectivity index (χ2v) is 6.68. The van der Waals surface area contributed by atoms with E-state index in [0.717, 1.165) is 35.1 Å². The third-order valence-corrected chi connectivity index (χ3v) is 5.04. The van der Waals surface area contributed by atoms with Crippen molar-refractivity contribution in [3.63, 3.8) is 0 Å². The highest BCUT2D eigenvalue weighted by Crippen LogP contribution is 2.36. The Morgan fingerprint density at radius 1 is 1.08 bits per heavy atom. The van der Waals surface area contributed by atoms with E-state index >= 15 is 0 Å². The van der Waals surface area contributed by atoms with Crippen molar-refractivity contribution in [3.05, 3.63) is 72.1 Å². The molecule has 1 aliphatic rings. The van der Waals surface area contributed by atoms with Crippen molar-refractivity contribution in [2.45, 2.75) is 25.0 Å². The SMILES string of the molecule is OC1(c2cccc3cnccc23)CCN(Cc2ccc(F)cn2)CC1. The Labute approximate surface area is 146 Å². The molecular weight excluding hydrogens is 317 g/mol. The fraction of sp³-hybridized carbons (Fsp3) is 0.300.